The van der Waals surface area contributed by atoms with Gasteiger partial charge in [-0.25, -0.2) is 14.8 Å². The van der Waals surface area contributed by atoms with Gasteiger partial charge < -0.3 is 24.4 Å². The van der Waals surface area contributed by atoms with Crippen molar-refractivity contribution in [2.45, 2.75) is 50.0 Å². The number of rotatable bonds is 9. The van der Waals surface area contributed by atoms with Crippen LogP contribution in [0, 0.1) is 0 Å². The van der Waals surface area contributed by atoms with Crippen molar-refractivity contribution in [3.63, 3.8) is 0 Å². The van der Waals surface area contributed by atoms with E-state index in [2.05, 4.69) is 19.7 Å². The van der Waals surface area contributed by atoms with Crippen LogP contribution in [0.5, 0.6) is 11.5 Å². The molecule has 0 bridgehead atoms. The maximum atomic E-state index is 12.4. The van der Waals surface area contributed by atoms with Crippen molar-refractivity contribution in [3.8, 4) is 11.5 Å². The fourth-order valence-corrected chi connectivity index (χ4v) is 5.13. The standard InChI is InChI=1S/C26H31N5O5S2/c1-26(2,3)36-25(33)31-12-10-17(16-31)22-28-24(38-30-22)29-23-20(35-18-8-6-5-7-9-18)14-19(15-27-23)37-13-11-21(32)34-4/h5-9,14-15,17H,10-13,16H2,1-4H3,(H,27,28,29,30). The lowest BCUT2D eigenvalue weighted by molar-refractivity contribution is -0.140. The molecule has 0 radical (unpaired) electrons. The van der Waals surface area contributed by atoms with Gasteiger partial charge in [-0.3, -0.25) is 4.79 Å². The number of likely N-dealkylation sites (tertiary alicyclic amines) is 1. The van der Waals surface area contributed by atoms with Gasteiger partial charge in [0.2, 0.25) is 5.13 Å². The van der Waals surface area contributed by atoms with Gasteiger partial charge in [-0.15, -0.1) is 11.8 Å². The summed E-state index contributed by atoms with van der Waals surface area (Å²) < 4.78 is 20.9. The molecule has 12 heteroatoms. The molecule has 10 nitrogen and oxygen atoms in total. The third kappa shape index (κ3) is 7.81. The van der Waals surface area contributed by atoms with Crippen molar-refractivity contribution >= 4 is 46.3 Å². The molecule has 1 atom stereocenters. The van der Waals surface area contributed by atoms with Crippen LogP contribution in [0.25, 0.3) is 0 Å². The monoisotopic (exact) mass is 557 g/mol. The number of amides is 1. The molecule has 2 aromatic heterocycles. The first-order valence-electron chi connectivity index (χ1n) is 12.2. The Bertz CT molecular complexity index is 1250. The number of nitrogens with zero attached hydrogens (tertiary/aromatic N) is 4. The molecule has 1 amide bonds. The summed E-state index contributed by atoms with van der Waals surface area (Å²) in [6.07, 6.45) is 2.48. The minimum absolute atomic E-state index is 0.0379. The lowest BCUT2D eigenvalue weighted by atomic mass is 10.1. The van der Waals surface area contributed by atoms with E-state index in [4.69, 9.17) is 14.2 Å². The van der Waals surface area contributed by atoms with Crippen LogP contribution in [0.3, 0.4) is 0 Å². The number of nitrogens with one attached hydrogen (secondary N) is 1. The summed E-state index contributed by atoms with van der Waals surface area (Å²) >= 11 is 2.72. The van der Waals surface area contributed by atoms with Gasteiger partial charge in [-0.2, -0.15) is 4.37 Å². The Kier molecular flexibility index (Phi) is 9.05. The predicted molar refractivity (Wildman–Crippen MR) is 146 cm³/mol. The Hall–Kier alpha value is -3.38. The first-order valence-corrected chi connectivity index (χ1v) is 14.0. The number of hydrogen-bond acceptors (Lipinski definition) is 11. The Morgan fingerprint density at radius 2 is 2.03 bits per heavy atom. The number of ether oxygens (including phenoxy) is 3. The number of carbonyl (C=O) groups is 2. The largest absolute Gasteiger partial charge is 0.469 e. The Labute approximate surface area is 230 Å². The molecule has 1 saturated heterocycles. The summed E-state index contributed by atoms with van der Waals surface area (Å²) in [7, 11) is 1.38. The van der Waals surface area contributed by atoms with E-state index in [9.17, 15) is 9.59 Å². The highest BCUT2D eigenvalue weighted by atomic mass is 32.2. The predicted octanol–water partition coefficient (Wildman–Crippen LogP) is 5.85. The number of aromatic nitrogens is 3. The van der Waals surface area contributed by atoms with Crippen molar-refractivity contribution in [3.05, 3.63) is 48.4 Å². The zero-order valence-corrected chi connectivity index (χ0v) is 23.4. The lowest BCUT2D eigenvalue weighted by Crippen LogP contribution is -2.35. The molecule has 1 unspecified atom stereocenters. The Morgan fingerprint density at radius 1 is 1.24 bits per heavy atom. The van der Waals surface area contributed by atoms with Gasteiger partial charge in [-0.1, -0.05) is 18.2 Å². The number of esters is 1. The maximum absolute atomic E-state index is 12.4. The van der Waals surface area contributed by atoms with E-state index in [-0.39, 0.29) is 18.0 Å². The average molecular weight is 558 g/mol. The van der Waals surface area contributed by atoms with E-state index in [1.165, 1.54) is 30.4 Å². The summed E-state index contributed by atoms with van der Waals surface area (Å²) in [5, 5.41) is 3.81. The summed E-state index contributed by atoms with van der Waals surface area (Å²) in [4.78, 5) is 35.7. The minimum atomic E-state index is -0.535. The van der Waals surface area contributed by atoms with Gasteiger partial charge in [-0.05, 0) is 45.4 Å². The zero-order valence-electron chi connectivity index (χ0n) is 21.8. The molecule has 1 fully saturated rings. The summed E-state index contributed by atoms with van der Waals surface area (Å²) in [6, 6.07) is 11.3. The van der Waals surface area contributed by atoms with Crippen LogP contribution in [0.4, 0.5) is 15.7 Å². The Balaban J connectivity index is 1.45. The molecule has 1 aliphatic heterocycles. The molecule has 4 rings (SSSR count). The van der Waals surface area contributed by atoms with E-state index >= 15 is 0 Å². The molecule has 0 spiro atoms. The van der Waals surface area contributed by atoms with E-state index in [0.717, 1.165) is 11.3 Å². The molecule has 0 saturated carbocycles. The van der Waals surface area contributed by atoms with E-state index in [0.29, 0.717) is 53.5 Å². The number of pyridine rings is 1. The van der Waals surface area contributed by atoms with E-state index in [1.807, 2.05) is 57.2 Å². The Morgan fingerprint density at radius 3 is 2.76 bits per heavy atom. The quantitative estimate of drug-likeness (QED) is 0.254. The van der Waals surface area contributed by atoms with Gasteiger partial charge in [0.15, 0.2) is 11.6 Å². The molecular formula is C26H31N5O5S2. The molecule has 3 heterocycles. The van der Waals surface area contributed by atoms with Gasteiger partial charge >= 0.3 is 12.1 Å². The number of para-hydroxylation sites is 1. The second kappa shape index (κ2) is 12.4. The fourth-order valence-electron chi connectivity index (χ4n) is 3.66. The first kappa shape index (κ1) is 27.6. The number of thioether (sulfide) groups is 1. The van der Waals surface area contributed by atoms with Crippen LogP contribution < -0.4 is 10.1 Å². The van der Waals surface area contributed by atoms with Crippen LogP contribution in [0.2, 0.25) is 0 Å². The van der Waals surface area contributed by atoms with Crippen molar-refractivity contribution in [2.75, 3.05) is 31.3 Å². The molecular weight excluding hydrogens is 526 g/mol. The van der Waals surface area contributed by atoms with Crippen molar-refractivity contribution in [1.82, 2.24) is 19.2 Å². The number of carbonyl (C=O) groups excluding carboxylic acids is 2. The summed E-state index contributed by atoms with van der Waals surface area (Å²) in [6.45, 7) is 6.69. The van der Waals surface area contributed by atoms with Crippen LogP contribution in [-0.4, -0.2) is 62.9 Å². The average Bonchev–Trinajstić information content (AvgIpc) is 3.55. The SMILES string of the molecule is COC(=O)CCSc1cnc(Nc2nc(C3CCN(C(=O)OC(C)(C)C)C3)ns2)c(Oc2ccccc2)c1. The molecule has 202 valence electrons. The normalized spacial score (nSPS) is 15.3. The summed E-state index contributed by atoms with van der Waals surface area (Å²) in [5.41, 5.74) is -0.535. The van der Waals surface area contributed by atoms with Crippen LogP contribution in [0.1, 0.15) is 45.4 Å². The molecule has 1 aliphatic rings. The zero-order chi connectivity index (χ0) is 27.1. The second-order valence-corrected chi connectivity index (χ2v) is 11.5. The van der Waals surface area contributed by atoms with E-state index in [1.54, 1.807) is 11.1 Å². The number of anilines is 2. The number of hydrogen-bond donors (Lipinski definition) is 1. The van der Waals surface area contributed by atoms with Crippen LogP contribution >= 0.6 is 23.3 Å². The van der Waals surface area contributed by atoms with Crippen LogP contribution in [0.15, 0.2) is 47.5 Å². The molecule has 1 aromatic carbocycles. The molecule has 0 aliphatic carbocycles. The van der Waals surface area contributed by atoms with Crippen LogP contribution in [-0.2, 0) is 14.3 Å². The highest BCUT2D eigenvalue weighted by molar-refractivity contribution is 7.99. The third-order valence-corrected chi connectivity index (χ3v) is 7.08. The second-order valence-electron chi connectivity index (χ2n) is 9.60. The van der Waals surface area contributed by atoms with Gasteiger partial charge in [0.1, 0.15) is 17.2 Å². The number of methoxy groups -OCH3 is 1. The van der Waals surface area contributed by atoms with Gasteiger partial charge in [0.05, 0.1) is 13.5 Å². The molecule has 3 aromatic rings. The molecule has 1 N–H and O–H groups in total. The van der Waals surface area contributed by atoms with Crippen molar-refractivity contribution in [1.29, 1.82) is 0 Å². The lowest BCUT2D eigenvalue weighted by Gasteiger charge is -2.24. The highest BCUT2D eigenvalue weighted by Gasteiger charge is 2.32. The molecule has 38 heavy (non-hydrogen) atoms. The maximum Gasteiger partial charge on any atom is 0.410 e. The first-order chi connectivity index (χ1) is 18.2. The van der Waals surface area contributed by atoms with Crippen molar-refractivity contribution in [2.24, 2.45) is 0 Å². The topological polar surface area (TPSA) is 116 Å². The summed E-state index contributed by atoms with van der Waals surface area (Å²) in [5.74, 6) is 2.71. The number of benzene rings is 1. The minimum Gasteiger partial charge on any atom is -0.469 e. The van der Waals surface area contributed by atoms with E-state index < -0.39 is 5.60 Å². The fraction of sp³-hybridized carbons (Fsp3) is 0.423. The van der Waals surface area contributed by atoms with Gasteiger partial charge in [0.25, 0.3) is 0 Å². The highest BCUT2D eigenvalue weighted by Crippen LogP contribution is 2.35. The third-order valence-electron chi connectivity index (χ3n) is 5.47. The van der Waals surface area contributed by atoms with Crippen molar-refractivity contribution < 1.29 is 23.8 Å². The van der Waals surface area contributed by atoms with Gasteiger partial charge in [0, 0.05) is 47.4 Å². The smallest absolute Gasteiger partial charge is 0.410 e.